The van der Waals surface area contributed by atoms with Crippen LogP contribution in [0.3, 0.4) is 0 Å². The molecule has 8 rings (SSSR count). The van der Waals surface area contributed by atoms with Crippen LogP contribution in [-0.2, 0) is 4.74 Å². The molecule has 0 radical (unpaired) electrons. The maximum atomic E-state index is 14.4. The van der Waals surface area contributed by atoms with Crippen LogP contribution in [0.2, 0.25) is 0 Å². The monoisotopic (exact) mass is 758 g/mol. The molecule has 0 saturated carbocycles. The van der Waals surface area contributed by atoms with E-state index in [1.54, 1.807) is 7.11 Å². The Kier molecular flexibility index (Phi) is 11.0. The van der Waals surface area contributed by atoms with Crippen molar-refractivity contribution >= 4 is 50.0 Å². The van der Waals surface area contributed by atoms with E-state index in [-0.39, 0.29) is 29.8 Å². The SMILES string of the molecule is CCCCCC(CC)N1C(=O)c2cccc3c(-c4ccc(-c5ccc6c7c(cccc57)C(OC)N(C(CC)CCCCC)C6=O)c5ccccc45)ccc(c23)C1=O. The Morgan fingerprint density at radius 3 is 1.49 bits per heavy atom. The summed E-state index contributed by atoms with van der Waals surface area (Å²) in [7, 11) is 1.71. The highest BCUT2D eigenvalue weighted by molar-refractivity contribution is 6.28. The molecule has 0 bridgehead atoms. The van der Waals surface area contributed by atoms with E-state index in [1.807, 2.05) is 35.2 Å². The zero-order valence-electron chi connectivity index (χ0n) is 34.1. The van der Waals surface area contributed by atoms with Crippen molar-refractivity contribution in [1.82, 2.24) is 9.80 Å². The highest BCUT2D eigenvalue weighted by Crippen LogP contribution is 2.46. The number of methoxy groups -OCH3 is 1. The van der Waals surface area contributed by atoms with Gasteiger partial charge in [-0.05, 0) is 87.7 Å². The lowest BCUT2D eigenvalue weighted by atomic mass is 9.84. The maximum absolute atomic E-state index is 14.4. The van der Waals surface area contributed by atoms with E-state index in [4.69, 9.17) is 4.74 Å². The summed E-state index contributed by atoms with van der Waals surface area (Å²) in [5.41, 5.74) is 7.09. The standard InChI is InChI=1S/C51H54N2O4/c1-6-10-12-18-32(8-3)52-48(54)42-24-16-22-40-38(28-30-43(46(40)42)49(52)55)36-26-27-37(35-21-15-14-20-34(35)36)39-29-31-44-47-41(39)23-17-25-45(47)51(57-5)53(50(44)56)33(9-4)19-13-11-7-2/h14-17,20-33,51H,6-13,18-19H2,1-5H3. The van der Waals surface area contributed by atoms with Gasteiger partial charge in [0, 0.05) is 52.2 Å². The molecular formula is C51H54N2O4. The van der Waals surface area contributed by atoms with Crippen LogP contribution in [0.25, 0.3) is 54.6 Å². The minimum atomic E-state index is -0.456. The molecule has 6 nitrogen and oxygen atoms in total. The van der Waals surface area contributed by atoms with E-state index in [0.29, 0.717) is 11.1 Å². The smallest absolute Gasteiger partial charge is 0.261 e. The summed E-state index contributed by atoms with van der Waals surface area (Å²) >= 11 is 0. The molecule has 0 saturated heterocycles. The van der Waals surface area contributed by atoms with Crippen LogP contribution in [0.1, 0.15) is 135 Å². The fourth-order valence-corrected chi connectivity index (χ4v) is 9.81. The van der Waals surface area contributed by atoms with Crippen molar-refractivity contribution < 1.29 is 19.1 Å². The van der Waals surface area contributed by atoms with Crippen LogP contribution < -0.4 is 0 Å². The van der Waals surface area contributed by atoms with Crippen molar-refractivity contribution in [3.05, 3.63) is 119 Å². The largest absolute Gasteiger partial charge is 0.357 e. The molecule has 292 valence electrons. The first-order valence-electron chi connectivity index (χ1n) is 21.2. The molecule has 3 unspecified atom stereocenters. The molecule has 3 atom stereocenters. The van der Waals surface area contributed by atoms with Crippen LogP contribution in [0.15, 0.2) is 97.1 Å². The fourth-order valence-electron chi connectivity index (χ4n) is 9.81. The fraction of sp³-hybridized carbons (Fsp3) is 0.353. The normalized spacial score (nSPS) is 16.3. The Labute approximate surface area is 336 Å². The summed E-state index contributed by atoms with van der Waals surface area (Å²) in [6.07, 6.45) is 9.49. The third kappa shape index (κ3) is 6.43. The van der Waals surface area contributed by atoms with Crippen LogP contribution in [0.5, 0.6) is 0 Å². The van der Waals surface area contributed by atoms with Gasteiger partial charge in [0.15, 0.2) is 6.23 Å². The predicted octanol–water partition coefficient (Wildman–Crippen LogP) is 12.9. The van der Waals surface area contributed by atoms with Crippen LogP contribution in [0, 0.1) is 0 Å². The zero-order valence-corrected chi connectivity index (χ0v) is 34.1. The Hall–Kier alpha value is -5.33. The predicted molar refractivity (Wildman–Crippen MR) is 233 cm³/mol. The van der Waals surface area contributed by atoms with Gasteiger partial charge in [0.05, 0.1) is 0 Å². The van der Waals surface area contributed by atoms with Gasteiger partial charge < -0.3 is 9.64 Å². The van der Waals surface area contributed by atoms with E-state index in [9.17, 15) is 14.4 Å². The van der Waals surface area contributed by atoms with Crippen molar-refractivity contribution in [3.8, 4) is 22.3 Å². The van der Waals surface area contributed by atoms with Crippen molar-refractivity contribution in [3.63, 3.8) is 0 Å². The number of fused-ring (bicyclic) bond motifs is 1. The third-order valence-electron chi connectivity index (χ3n) is 12.7. The maximum Gasteiger partial charge on any atom is 0.261 e. The highest BCUT2D eigenvalue weighted by atomic mass is 16.5. The number of imide groups is 1. The van der Waals surface area contributed by atoms with Crippen LogP contribution in [-0.4, -0.2) is 46.7 Å². The number of nitrogens with zero attached hydrogens (tertiary/aromatic N) is 2. The first-order chi connectivity index (χ1) is 27.9. The van der Waals surface area contributed by atoms with E-state index in [2.05, 4.69) is 94.4 Å². The van der Waals surface area contributed by atoms with Gasteiger partial charge in [0.25, 0.3) is 17.7 Å². The van der Waals surface area contributed by atoms with Gasteiger partial charge in [0.1, 0.15) is 0 Å². The summed E-state index contributed by atoms with van der Waals surface area (Å²) < 4.78 is 6.17. The first kappa shape index (κ1) is 38.5. The lowest BCUT2D eigenvalue weighted by molar-refractivity contribution is -0.0449. The molecule has 2 heterocycles. The van der Waals surface area contributed by atoms with E-state index in [0.717, 1.165) is 130 Å². The number of hydrogen-bond acceptors (Lipinski definition) is 4. The summed E-state index contributed by atoms with van der Waals surface area (Å²) in [6, 6.07) is 33.1. The minimum absolute atomic E-state index is 0.0327. The number of unbranched alkanes of at least 4 members (excludes halogenated alkanes) is 4. The highest BCUT2D eigenvalue weighted by Gasteiger charge is 2.39. The van der Waals surface area contributed by atoms with Crippen molar-refractivity contribution in [2.45, 2.75) is 110 Å². The summed E-state index contributed by atoms with van der Waals surface area (Å²) in [6.45, 7) is 8.61. The number of ether oxygens (including phenoxy) is 1. The molecule has 6 aromatic carbocycles. The van der Waals surface area contributed by atoms with Gasteiger partial charge in [0.2, 0.25) is 0 Å². The Bertz CT molecular complexity index is 2500. The molecule has 57 heavy (non-hydrogen) atoms. The second kappa shape index (κ2) is 16.3. The summed E-state index contributed by atoms with van der Waals surface area (Å²) in [4.78, 5) is 46.2. The number of hydrogen-bond donors (Lipinski definition) is 0. The average Bonchev–Trinajstić information content (AvgIpc) is 3.24. The van der Waals surface area contributed by atoms with Gasteiger partial charge in [-0.15, -0.1) is 0 Å². The molecule has 6 aromatic rings. The number of amides is 3. The lowest BCUT2D eigenvalue weighted by Gasteiger charge is -2.41. The number of benzene rings is 6. The lowest BCUT2D eigenvalue weighted by Crippen LogP contribution is -2.46. The van der Waals surface area contributed by atoms with Crippen molar-refractivity contribution in [2.75, 3.05) is 7.11 Å². The van der Waals surface area contributed by atoms with Gasteiger partial charge in [-0.25, -0.2) is 0 Å². The minimum Gasteiger partial charge on any atom is -0.357 e. The summed E-state index contributed by atoms with van der Waals surface area (Å²) in [5.74, 6) is -0.355. The Balaban J connectivity index is 1.23. The third-order valence-corrected chi connectivity index (χ3v) is 12.7. The molecule has 0 N–H and O–H groups in total. The van der Waals surface area contributed by atoms with Crippen molar-refractivity contribution in [1.29, 1.82) is 0 Å². The molecular weight excluding hydrogens is 705 g/mol. The number of carbonyl (C=O) groups excluding carboxylic acids is 3. The molecule has 0 fully saturated rings. The molecule has 2 aliphatic rings. The Morgan fingerprint density at radius 2 is 0.947 bits per heavy atom. The van der Waals surface area contributed by atoms with E-state index in [1.165, 1.54) is 4.90 Å². The molecule has 0 aliphatic carbocycles. The number of rotatable bonds is 15. The second-order valence-electron chi connectivity index (χ2n) is 15.9. The molecule has 0 spiro atoms. The molecule has 3 amide bonds. The first-order valence-corrected chi connectivity index (χ1v) is 21.2. The van der Waals surface area contributed by atoms with Crippen LogP contribution >= 0.6 is 0 Å². The van der Waals surface area contributed by atoms with Gasteiger partial charge in [-0.2, -0.15) is 0 Å². The van der Waals surface area contributed by atoms with Crippen molar-refractivity contribution in [2.24, 2.45) is 0 Å². The Morgan fingerprint density at radius 1 is 0.491 bits per heavy atom. The van der Waals surface area contributed by atoms with Gasteiger partial charge >= 0.3 is 0 Å². The van der Waals surface area contributed by atoms with Gasteiger partial charge in [-0.1, -0.05) is 145 Å². The van der Waals surface area contributed by atoms with E-state index < -0.39 is 6.23 Å². The van der Waals surface area contributed by atoms with E-state index >= 15 is 0 Å². The quantitative estimate of drug-likeness (QED) is 0.0772. The molecule has 0 aromatic heterocycles. The molecule has 2 aliphatic heterocycles. The summed E-state index contributed by atoms with van der Waals surface area (Å²) in [5, 5.41) is 5.79. The average molecular weight is 759 g/mol. The second-order valence-corrected chi connectivity index (χ2v) is 15.9. The molecule has 6 heteroatoms. The topological polar surface area (TPSA) is 66.9 Å². The number of carbonyl (C=O) groups is 3. The van der Waals surface area contributed by atoms with Gasteiger partial charge in [-0.3, -0.25) is 19.3 Å². The van der Waals surface area contributed by atoms with Crippen LogP contribution in [0.4, 0.5) is 0 Å². The zero-order chi connectivity index (χ0) is 39.8.